The summed E-state index contributed by atoms with van der Waals surface area (Å²) in [5.74, 6) is 3.61. The Morgan fingerprint density at radius 1 is 0.826 bits per heavy atom. The predicted octanol–water partition coefficient (Wildman–Crippen LogP) is 5.88. The van der Waals surface area contributed by atoms with Crippen LogP contribution in [-0.4, -0.2) is 13.2 Å². The third-order valence-corrected chi connectivity index (χ3v) is 6.62. The van der Waals surface area contributed by atoms with Crippen molar-refractivity contribution in [3.63, 3.8) is 0 Å². The van der Waals surface area contributed by atoms with Gasteiger partial charge in [0.25, 0.3) is 0 Å². The minimum atomic E-state index is 0.827. The fourth-order valence-electron chi connectivity index (χ4n) is 5.31. The van der Waals surface area contributed by atoms with Crippen LogP contribution in [0.1, 0.15) is 85.5 Å². The summed E-state index contributed by atoms with van der Waals surface area (Å²) in [7, 11) is 0. The van der Waals surface area contributed by atoms with Gasteiger partial charge in [0.15, 0.2) is 0 Å². The van der Waals surface area contributed by atoms with E-state index >= 15 is 0 Å². The molecule has 23 heavy (non-hydrogen) atoms. The average Bonchev–Trinajstić information content (AvgIpc) is 3.29. The smallest absolute Gasteiger partial charge is 0.0468 e. The van der Waals surface area contributed by atoms with Gasteiger partial charge in [-0.1, -0.05) is 12.1 Å². The fourth-order valence-corrected chi connectivity index (χ4v) is 5.31. The summed E-state index contributed by atoms with van der Waals surface area (Å²) in [6, 6.07) is 5.01. The summed E-state index contributed by atoms with van der Waals surface area (Å²) in [5, 5.41) is 0. The van der Waals surface area contributed by atoms with Gasteiger partial charge in [0.2, 0.25) is 0 Å². The van der Waals surface area contributed by atoms with Crippen molar-refractivity contribution >= 4 is 0 Å². The molecule has 1 saturated heterocycles. The standard InChI is InChI=1S/C22H32O/c1-15-11-21(19-5-6-19)12-16(2)22(15)20-4-3-18(14-20)13-17-7-9-23-10-8-17/h11-12,17-20H,3-10,13-14H2,1-2H3. The van der Waals surface area contributed by atoms with Crippen LogP contribution < -0.4 is 0 Å². The van der Waals surface area contributed by atoms with Gasteiger partial charge in [-0.3, -0.25) is 0 Å². The highest BCUT2D eigenvalue weighted by molar-refractivity contribution is 5.43. The Labute approximate surface area is 141 Å². The van der Waals surface area contributed by atoms with Crippen LogP contribution in [0, 0.1) is 25.7 Å². The third kappa shape index (κ3) is 3.50. The Bertz CT molecular complexity index is 528. The first-order valence-electron chi connectivity index (χ1n) is 9.89. The average molecular weight is 312 g/mol. The van der Waals surface area contributed by atoms with E-state index in [9.17, 15) is 0 Å². The first-order valence-corrected chi connectivity index (χ1v) is 9.89. The molecule has 2 unspecified atom stereocenters. The van der Waals surface area contributed by atoms with E-state index in [4.69, 9.17) is 4.74 Å². The summed E-state index contributed by atoms with van der Waals surface area (Å²) in [4.78, 5) is 0. The van der Waals surface area contributed by atoms with Gasteiger partial charge in [0.1, 0.15) is 0 Å². The number of aryl methyl sites for hydroxylation is 2. The third-order valence-electron chi connectivity index (χ3n) is 6.62. The lowest BCUT2D eigenvalue weighted by Crippen LogP contribution is -2.18. The van der Waals surface area contributed by atoms with Crippen molar-refractivity contribution < 1.29 is 4.74 Å². The van der Waals surface area contributed by atoms with Crippen LogP contribution in [0.25, 0.3) is 0 Å². The van der Waals surface area contributed by atoms with E-state index in [-0.39, 0.29) is 0 Å². The molecule has 126 valence electrons. The number of benzene rings is 1. The van der Waals surface area contributed by atoms with Crippen molar-refractivity contribution in [2.24, 2.45) is 11.8 Å². The lowest BCUT2D eigenvalue weighted by molar-refractivity contribution is 0.0588. The van der Waals surface area contributed by atoms with Gasteiger partial charge in [0.05, 0.1) is 0 Å². The van der Waals surface area contributed by atoms with Crippen LogP contribution in [0.3, 0.4) is 0 Å². The Kier molecular flexibility index (Phi) is 4.50. The molecule has 0 amide bonds. The molecule has 4 rings (SSSR count). The summed E-state index contributed by atoms with van der Waals surface area (Å²) in [6.45, 7) is 6.73. The lowest BCUT2D eigenvalue weighted by Gasteiger charge is -2.25. The highest BCUT2D eigenvalue weighted by Gasteiger charge is 2.31. The molecule has 2 saturated carbocycles. The molecule has 3 fully saturated rings. The Morgan fingerprint density at radius 2 is 1.48 bits per heavy atom. The van der Waals surface area contributed by atoms with Crippen molar-refractivity contribution in [1.29, 1.82) is 0 Å². The molecule has 1 nitrogen and oxygen atoms in total. The maximum atomic E-state index is 5.52. The van der Waals surface area contributed by atoms with Gasteiger partial charge in [-0.05, 0) is 111 Å². The van der Waals surface area contributed by atoms with Crippen molar-refractivity contribution in [1.82, 2.24) is 0 Å². The summed E-state index contributed by atoms with van der Waals surface area (Å²) >= 11 is 0. The zero-order valence-corrected chi connectivity index (χ0v) is 14.9. The maximum Gasteiger partial charge on any atom is 0.0468 e. The lowest BCUT2D eigenvalue weighted by atomic mass is 9.84. The fraction of sp³-hybridized carbons (Fsp3) is 0.727. The molecular formula is C22H32O. The summed E-state index contributed by atoms with van der Waals surface area (Å²) < 4.78 is 5.52. The monoisotopic (exact) mass is 312 g/mol. The van der Waals surface area contributed by atoms with Gasteiger partial charge in [-0.2, -0.15) is 0 Å². The topological polar surface area (TPSA) is 9.23 Å². The molecule has 2 atom stereocenters. The van der Waals surface area contributed by atoms with E-state index in [2.05, 4.69) is 26.0 Å². The highest BCUT2D eigenvalue weighted by atomic mass is 16.5. The van der Waals surface area contributed by atoms with Crippen LogP contribution in [0.5, 0.6) is 0 Å². The molecule has 0 N–H and O–H groups in total. The molecule has 3 aliphatic rings. The van der Waals surface area contributed by atoms with E-state index in [1.807, 2.05) is 0 Å². The highest BCUT2D eigenvalue weighted by Crippen LogP contribution is 2.46. The minimum Gasteiger partial charge on any atom is -0.381 e. The maximum absolute atomic E-state index is 5.52. The van der Waals surface area contributed by atoms with Gasteiger partial charge >= 0.3 is 0 Å². The first-order chi connectivity index (χ1) is 11.2. The van der Waals surface area contributed by atoms with Gasteiger partial charge in [-0.15, -0.1) is 0 Å². The second kappa shape index (κ2) is 6.59. The molecule has 0 aromatic heterocycles. The second-order valence-corrected chi connectivity index (χ2v) is 8.51. The molecule has 1 aromatic rings. The second-order valence-electron chi connectivity index (χ2n) is 8.51. The number of ether oxygens (including phenoxy) is 1. The normalized spacial score (nSPS) is 29.1. The Hall–Kier alpha value is -0.820. The van der Waals surface area contributed by atoms with Crippen LogP contribution >= 0.6 is 0 Å². The molecular weight excluding hydrogens is 280 g/mol. The van der Waals surface area contributed by atoms with E-state index < -0.39 is 0 Å². The van der Waals surface area contributed by atoms with E-state index in [1.165, 1.54) is 51.4 Å². The van der Waals surface area contributed by atoms with Gasteiger partial charge in [0, 0.05) is 13.2 Å². The number of rotatable bonds is 4. The largest absolute Gasteiger partial charge is 0.381 e. The van der Waals surface area contributed by atoms with Gasteiger partial charge < -0.3 is 4.74 Å². The number of hydrogen-bond donors (Lipinski definition) is 0. The van der Waals surface area contributed by atoms with E-state index in [0.717, 1.165) is 36.9 Å². The van der Waals surface area contributed by atoms with E-state index in [1.54, 1.807) is 22.3 Å². The molecule has 1 heteroatoms. The summed E-state index contributed by atoms with van der Waals surface area (Å²) in [6.07, 6.45) is 11.2. The van der Waals surface area contributed by atoms with Crippen molar-refractivity contribution in [2.45, 2.75) is 77.0 Å². The van der Waals surface area contributed by atoms with Crippen molar-refractivity contribution in [3.05, 3.63) is 34.4 Å². The van der Waals surface area contributed by atoms with Crippen LogP contribution in [-0.2, 0) is 4.74 Å². The van der Waals surface area contributed by atoms with Crippen molar-refractivity contribution in [2.75, 3.05) is 13.2 Å². The molecule has 1 aromatic carbocycles. The van der Waals surface area contributed by atoms with Crippen LogP contribution in [0.15, 0.2) is 12.1 Å². The van der Waals surface area contributed by atoms with Crippen LogP contribution in [0.4, 0.5) is 0 Å². The molecule has 1 heterocycles. The minimum absolute atomic E-state index is 0.827. The molecule has 0 radical (unpaired) electrons. The first kappa shape index (κ1) is 15.7. The quantitative estimate of drug-likeness (QED) is 0.674. The number of hydrogen-bond acceptors (Lipinski definition) is 1. The molecule has 0 spiro atoms. The van der Waals surface area contributed by atoms with Gasteiger partial charge in [-0.25, -0.2) is 0 Å². The van der Waals surface area contributed by atoms with Crippen molar-refractivity contribution in [3.8, 4) is 0 Å². The zero-order valence-electron chi connectivity index (χ0n) is 14.9. The molecule has 0 bridgehead atoms. The Morgan fingerprint density at radius 3 is 2.13 bits per heavy atom. The van der Waals surface area contributed by atoms with Crippen LogP contribution in [0.2, 0.25) is 0 Å². The van der Waals surface area contributed by atoms with E-state index in [0.29, 0.717) is 0 Å². The predicted molar refractivity (Wildman–Crippen MR) is 96.1 cm³/mol. The Balaban J connectivity index is 1.42. The summed E-state index contributed by atoms with van der Waals surface area (Å²) in [5.41, 5.74) is 6.46. The molecule has 1 aliphatic heterocycles. The zero-order chi connectivity index (χ0) is 15.8. The molecule has 2 aliphatic carbocycles. The SMILES string of the molecule is Cc1cc(C2CC2)cc(C)c1C1CCC(CC2CCOCC2)C1.